The lowest BCUT2D eigenvalue weighted by Crippen LogP contribution is -2.37. The van der Waals surface area contributed by atoms with Gasteiger partial charge in [-0.05, 0) is 32.1 Å². The lowest BCUT2D eigenvalue weighted by Gasteiger charge is -2.26. The first-order chi connectivity index (χ1) is 10.6. The Kier molecular flexibility index (Phi) is 6.00. The van der Waals surface area contributed by atoms with E-state index in [4.69, 9.17) is 4.74 Å². The van der Waals surface area contributed by atoms with Crippen molar-refractivity contribution >= 4 is 11.8 Å². The van der Waals surface area contributed by atoms with Crippen LogP contribution < -0.4 is 0 Å². The highest BCUT2D eigenvalue weighted by Crippen LogP contribution is 2.41. The number of amides is 2. The van der Waals surface area contributed by atoms with Gasteiger partial charge in [0.05, 0.1) is 12.0 Å². The number of allylic oxidation sites excluding steroid dienone is 1. The summed E-state index contributed by atoms with van der Waals surface area (Å²) < 4.78 is 5.08. The van der Waals surface area contributed by atoms with Crippen LogP contribution in [0.2, 0.25) is 0 Å². The molecule has 0 radical (unpaired) electrons. The number of carbonyl (C=O) groups is 2. The van der Waals surface area contributed by atoms with Crippen molar-refractivity contribution in [3.63, 3.8) is 0 Å². The number of hydrogen-bond acceptors (Lipinski definition) is 3. The van der Waals surface area contributed by atoms with Gasteiger partial charge in [-0.25, -0.2) is 0 Å². The standard InChI is InChI=1S/C17H28N2O3/c1-3-4-6-15(20)18-10-5-7-17(8-11-18)9-12-19(16(17)21)13-14-22-2/h3H,1,4-14H2,2H3/t17-/m1/s1. The summed E-state index contributed by atoms with van der Waals surface area (Å²) in [6.45, 7) is 7.25. The van der Waals surface area contributed by atoms with E-state index in [1.54, 1.807) is 13.2 Å². The zero-order valence-corrected chi connectivity index (χ0v) is 13.7. The second kappa shape index (κ2) is 7.77. The molecule has 0 aromatic heterocycles. The van der Waals surface area contributed by atoms with Crippen LogP contribution in [0.25, 0.3) is 0 Å². The van der Waals surface area contributed by atoms with Gasteiger partial charge in [-0.15, -0.1) is 6.58 Å². The summed E-state index contributed by atoms with van der Waals surface area (Å²) in [6.07, 6.45) is 6.59. The fourth-order valence-electron chi connectivity index (χ4n) is 3.60. The topological polar surface area (TPSA) is 49.9 Å². The third-order valence-electron chi connectivity index (χ3n) is 5.03. The van der Waals surface area contributed by atoms with E-state index in [-0.39, 0.29) is 17.2 Å². The van der Waals surface area contributed by atoms with Gasteiger partial charge in [0.15, 0.2) is 0 Å². The fourth-order valence-corrected chi connectivity index (χ4v) is 3.60. The lowest BCUT2D eigenvalue weighted by atomic mass is 9.79. The van der Waals surface area contributed by atoms with Crippen LogP contribution in [0, 0.1) is 5.41 Å². The number of methoxy groups -OCH3 is 1. The molecule has 5 nitrogen and oxygen atoms in total. The Morgan fingerprint density at radius 2 is 2.09 bits per heavy atom. The van der Waals surface area contributed by atoms with Gasteiger partial charge in [0.25, 0.3) is 0 Å². The molecule has 2 amide bonds. The van der Waals surface area contributed by atoms with Crippen molar-refractivity contribution in [1.29, 1.82) is 0 Å². The molecule has 124 valence electrons. The molecule has 0 aromatic rings. The number of nitrogens with zero attached hydrogens (tertiary/aromatic N) is 2. The molecule has 2 fully saturated rings. The molecule has 0 aromatic carbocycles. The van der Waals surface area contributed by atoms with Gasteiger partial charge in [-0.3, -0.25) is 9.59 Å². The average Bonchev–Trinajstić information content (AvgIpc) is 2.71. The quantitative estimate of drug-likeness (QED) is 0.703. The van der Waals surface area contributed by atoms with Crippen molar-refractivity contribution < 1.29 is 14.3 Å². The third kappa shape index (κ3) is 3.69. The minimum Gasteiger partial charge on any atom is -0.383 e. The molecule has 1 spiro atoms. The van der Waals surface area contributed by atoms with Crippen LogP contribution in [0.4, 0.5) is 0 Å². The maximum atomic E-state index is 12.7. The van der Waals surface area contributed by atoms with Crippen molar-refractivity contribution in [3.05, 3.63) is 12.7 Å². The summed E-state index contributed by atoms with van der Waals surface area (Å²) in [7, 11) is 1.66. The van der Waals surface area contributed by atoms with E-state index in [2.05, 4.69) is 6.58 Å². The monoisotopic (exact) mass is 308 g/mol. The normalized spacial score (nSPS) is 25.6. The van der Waals surface area contributed by atoms with Crippen LogP contribution in [0.3, 0.4) is 0 Å². The summed E-state index contributed by atoms with van der Waals surface area (Å²) in [4.78, 5) is 28.8. The van der Waals surface area contributed by atoms with Gasteiger partial charge in [0, 0.05) is 39.7 Å². The van der Waals surface area contributed by atoms with Gasteiger partial charge in [0.1, 0.15) is 0 Å². The maximum Gasteiger partial charge on any atom is 0.229 e. The Bertz CT molecular complexity index is 424. The first kappa shape index (κ1) is 17.0. The van der Waals surface area contributed by atoms with Gasteiger partial charge in [0.2, 0.25) is 11.8 Å². The highest BCUT2D eigenvalue weighted by atomic mass is 16.5. The molecule has 0 aliphatic carbocycles. The van der Waals surface area contributed by atoms with Gasteiger partial charge in [-0.1, -0.05) is 6.08 Å². The van der Waals surface area contributed by atoms with Gasteiger partial charge >= 0.3 is 0 Å². The summed E-state index contributed by atoms with van der Waals surface area (Å²) in [5.74, 6) is 0.462. The maximum absolute atomic E-state index is 12.7. The zero-order chi connectivity index (χ0) is 16.0. The molecule has 2 rings (SSSR count). The highest BCUT2D eigenvalue weighted by Gasteiger charge is 2.46. The first-order valence-corrected chi connectivity index (χ1v) is 8.30. The molecular weight excluding hydrogens is 280 g/mol. The van der Waals surface area contributed by atoms with E-state index in [1.807, 2.05) is 9.80 Å². The predicted molar refractivity (Wildman–Crippen MR) is 85.4 cm³/mol. The Morgan fingerprint density at radius 3 is 2.82 bits per heavy atom. The Morgan fingerprint density at radius 1 is 1.32 bits per heavy atom. The van der Waals surface area contributed by atoms with E-state index >= 15 is 0 Å². The third-order valence-corrected chi connectivity index (χ3v) is 5.03. The van der Waals surface area contributed by atoms with E-state index in [1.165, 1.54) is 0 Å². The SMILES string of the molecule is C=CCCC(=O)N1CCC[C@@]2(CC1)CCN(CCOC)C2=O. The van der Waals surface area contributed by atoms with Gasteiger partial charge in [-0.2, -0.15) is 0 Å². The van der Waals surface area contributed by atoms with Crippen LogP contribution in [-0.2, 0) is 14.3 Å². The minimum absolute atomic E-state index is 0.193. The number of carbonyl (C=O) groups excluding carboxylic acids is 2. The van der Waals surface area contributed by atoms with Crippen LogP contribution in [0.15, 0.2) is 12.7 Å². The van der Waals surface area contributed by atoms with Gasteiger partial charge < -0.3 is 14.5 Å². The predicted octanol–water partition coefficient (Wildman–Crippen LogP) is 1.83. The van der Waals surface area contributed by atoms with Crippen molar-refractivity contribution in [1.82, 2.24) is 9.80 Å². The molecule has 5 heteroatoms. The number of hydrogen-bond donors (Lipinski definition) is 0. The summed E-state index contributed by atoms with van der Waals surface area (Å²) >= 11 is 0. The largest absolute Gasteiger partial charge is 0.383 e. The number of likely N-dealkylation sites (tertiary alicyclic amines) is 2. The smallest absolute Gasteiger partial charge is 0.229 e. The molecule has 22 heavy (non-hydrogen) atoms. The average molecular weight is 308 g/mol. The Hall–Kier alpha value is -1.36. The zero-order valence-electron chi connectivity index (χ0n) is 13.7. The van der Waals surface area contributed by atoms with Crippen LogP contribution in [0.5, 0.6) is 0 Å². The Balaban J connectivity index is 1.93. The second-order valence-corrected chi connectivity index (χ2v) is 6.38. The molecular formula is C17H28N2O3. The number of rotatable bonds is 6. The van der Waals surface area contributed by atoms with E-state index in [0.717, 1.165) is 45.2 Å². The van der Waals surface area contributed by atoms with Crippen LogP contribution in [0.1, 0.15) is 38.5 Å². The van der Waals surface area contributed by atoms with E-state index in [0.29, 0.717) is 26.1 Å². The molecule has 2 aliphatic rings. The van der Waals surface area contributed by atoms with Crippen molar-refractivity contribution in [2.24, 2.45) is 5.41 Å². The highest BCUT2D eigenvalue weighted by molar-refractivity contribution is 5.85. The summed E-state index contributed by atoms with van der Waals surface area (Å²) in [5.41, 5.74) is -0.235. The number of ether oxygens (including phenoxy) is 1. The molecule has 2 aliphatic heterocycles. The molecule has 0 unspecified atom stereocenters. The van der Waals surface area contributed by atoms with Crippen molar-refractivity contribution in [2.75, 3.05) is 39.9 Å². The fraction of sp³-hybridized carbons (Fsp3) is 0.765. The second-order valence-electron chi connectivity index (χ2n) is 6.38. The molecule has 2 saturated heterocycles. The van der Waals surface area contributed by atoms with Crippen LogP contribution in [-0.4, -0.2) is 61.5 Å². The van der Waals surface area contributed by atoms with E-state index in [9.17, 15) is 9.59 Å². The lowest BCUT2D eigenvalue weighted by molar-refractivity contribution is -0.138. The van der Waals surface area contributed by atoms with Crippen molar-refractivity contribution in [3.8, 4) is 0 Å². The molecule has 0 bridgehead atoms. The summed E-state index contributed by atoms with van der Waals surface area (Å²) in [6, 6.07) is 0. The molecule has 0 saturated carbocycles. The first-order valence-electron chi connectivity index (χ1n) is 8.30. The Labute approximate surface area is 133 Å². The molecule has 0 N–H and O–H groups in total. The summed E-state index contributed by atoms with van der Waals surface area (Å²) in [5, 5.41) is 0. The molecule has 2 heterocycles. The van der Waals surface area contributed by atoms with Crippen molar-refractivity contribution in [2.45, 2.75) is 38.5 Å². The molecule has 1 atom stereocenters. The van der Waals surface area contributed by atoms with Crippen LogP contribution >= 0.6 is 0 Å². The van der Waals surface area contributed by atoms with E-state index < -0.39 is 0 Å². The minimum atomic E-state index is -0.235.